The molecule has 132 valence electrons. The van der Waals surface area contributed by atoms with E-state index in [1.807, 2.05) is 39.0 Å². The molecule has 0 aliphatic carbocycles. The van der Waals surface area contributed by atoms with Gasteiger partial charge in [-0.15, -0.1) is 4.72 Å². The summed E-state index contributed by atoms with van der Waals surface area (Å²) in [6.07, 6.45) is 1.18. The normalized spacial score (nSPS) is 17.8. The average Bonchev–Trinajstić information content (AvgIpc) is 2.51. The number of nitrogens with zero attached hydrogens (tertiary/aromatic N) is 1. The van der Waals surface area contributed by atoms with E-state index in [2.05, 4.69) is 49.6 Å². The zero-order valence-electron chi connectivity index (χ0n) is 15.8. The van der Waals surface area contributed by atoms with Crippen molar-refractivity contribution in [1.82, 2.24) is 9.62 Å². The molecule has 0 spiro atoms. The van der Waals surface area contributed by atoms with Crippen LogP contribution >= 0.6 is 0 Å². The fourth-order valence-electron chi connectivity index (χ4n) is 2.44. The van der Waals surface area contributed by atoms with Gasteiger partial charge in [0.15, 0.2) is 0 Å². The highest BCUT2D eigenvalue weighted by molar-refractivity contribution is 7.90. The first kappa shape index (κ1) is 20.5. The number of rotatable bonds is 8. The van der Waals surface area contributed by atoms with Gasteiger partial charge in [0.25, 0.3) is 0 Å². The smallest absolute Gasteiger partial charge is 0.136 e. The summed E-state index contributed by atoms with van der Waals surface area (Å²) in [6.45, 7) is 13.8. The summed E-state index contributed by atoms with van der Waals surface area (Å²) in [6, 6.07) is 10.7. The van der Waals surface area contributed by atoms with Gasteiger partial charge in [-0.1, -0.05) is 50.6 Å². The highest BCUT2D eigenvalue weighted by Crippen LogP contribution is 2.25. The molecule has 1 rings (SSSR count). The van der Waals surface area contributed by atoms with Crippen molar-refractivity contribution in [3.8, 4) is 0 Å². The van der Waals surface area contributed by atoms with Crippen LogP contribution in [0.2, 0.25) is 0 Å². The number of nitrogens with one attached hydrogen (secondary N) is 1. The molecule has 0 fully saturated rings. The van der Waals surface area contributed by atoms with Crippen LogP contribution in [0.4, 0.5) is 0 Å². The molecular formula is C19H34N2OS. The van der Waals surface area contributed by atoms with E-state index in [-0.39, 0.29) is 16.8 Å². The molecule has 0 aromatic heterocycles. The fourth-order valence-corrected chi connectivity index (χ4v) is 3.36. The minimum absolute atomic E-state index is 0.0466. The van der Waals surface area contributed by atoms with Crippen molar-refractivity contribution in [2.75, 3.05) is 13.6 Å². The molecular weight excluding hydrogens is 304 g/mol. The van der Waals surface area contributed by atoms with E-state index in [9.17, 15) is 4.55 Å². The van der Waals surface area contributed by atoms with Crippen molar-refractivity contribution < 1.29 is 4.55 Å². The van der Waals surface area contributed by atoms with Crippen LogP contribution in [-0.2, 0) is 11.4 Å². The third kappa shape index (κ3) is 6.46. The van der Waals surface area contributed by atoms with Gasteiger partial charge in [-0.2, -0.15) is 0 Å². The molecule has 4 atom stereocenters. The predicted octanol–water partition coefficient (Wildman–Crippen LogP) is 4.15. The third-order valence-corrected chi connectivity index (χ3v) is 6.00. The molecule has 0 amide bonds. The van der Waals surface area contributed by atoms with Crippen molar-refractivity contribution in [1.29, 1.82) is 0 Å². The van der Waals surface area contributed by atoms with E-state index in [4.69, 9.17) is 0 Å². The van der Waals surface area contributed by atoms with Gasteiger partial charge < -0.3 is 9.45 Å². The Labute approximate surface area is 146 Å². The molecule has 0 radical (unpaired) electrons. The van der Waals surface area contributed by atoms with Crippen LogP contribution in [0.25, 0.3) is 0 Å². The summed E-state index contributed by atoms with van der Waals surface area (Å²) in [5, 5.41) is 0. The summed E-state index contributed by atoms with van der Waals surface area (Å²) < 4.78 is 15.7. The largest absolute Gasteiger partial charge is 0.598 e. The third-order valence-electron chi connectivity index (χ3n) is 4.42. The summed E-state index contributed by atoms with van der Waals surface area (Å²) >= 11 is -1.10. The lowest BCUT2D eigenvalue weighted by atomic mass is 9.99. The maximum atomic E-state index is 12.6. The van der Waals surface area contributed by atoms with Crippen LogP contribution in [0.15, 0.2) is 30.3 Å². The van der Waals surface area contributed by atoms with Crippen LogP contribution in [0, 0.1) is 5.92 Å². The molecule has 1 N–H and O–H groups in total. The molecule has 0 bridgehead atoms. The van der Waals surface area contributed by atoms with Crippen molar-refractivity contribution in [3.05, 3.63) is 35.9 Å². The van der Waals surface area contributed by atoms with Gasteiger partial charge in [0.1, 0.15) is 4.75 Å². The van der Waals surface area contributed by atoms with E-state index in [1.165, 1.54) is 12.0 Å². The Hall–Kier alpha value is -0.550. The maximum Gasteiger partial charge on any atom is 0.136 e. The number of hydrogen-bond donors (Lipinski definition) is 1. The molecule has 3 unspecified atom stereocenters. The summed E-state index contributed by atoms with van der Waals surface area (Å²) in [7, 11) is 2.16. The van der Waals surface area contributed by atoms with Gasteiger partial charge in [-0.3, -0.25) is 0 Å². The first-order valence-corrected chi connectivity index (χ1v) is 9.75. The first-order chi connectivity index (χ1) is 10.7. The minimum atomic E-state index is -1.10. The quantitative estimate of drug-likeness (QED) is 0.724. The molecule has 0 heterocycles. The van der Waals surface area contributed by atoms with Crippen molar-refractivity contribution in [3.63, 3.8) is 0 Å². The van der Waals surface area contributed by atoms with E-state index in [0.717, 1.165) is 6.54 Å². The monoisotopic (exact) mass is 338 g/mol. The maximum absolute atomic E-state index is 12.6. The van der Waals surface area contributed by atoms with Gasteiger partial charge in [0.05, 0.1) is 6.04 Å². The zero-order valence-corrected chi connectivity index (χ0v) is 16.6. The number of benzene rings is 1. The zero-order chi connectivity index (χ0) is 17.6. The van der Waals surface area contributed by atoms with E-state index >= 15 is 0 Å². The fraction of sp³-hybridized carbons (Fsp3) is 0.684. The molecule has 0 aliphatic rings. The van der Waals surface area contributed by atoms with E-state index < -0.39 is 11.4 Å². The highest BCUT2D eigenvalue weighted by atomic mass is 32.2. The second-order valence-corrected chi connectivity index (χ2v) is 9.58. The highest BCUT2D eigenvalue weighted by Gasteiger charge is 2.33. The Morgan fingerprint density at radius 1 is 1.17 bits per heavy atom. The van der Waals surface area contributed by atoms with Crippen LogP contribution in [-0.4, -0.2) is 33.8 Å². The van der Waals surface area contributed by atoms with E-state index in [0.29, 0.717) is 5.92 Å². The van der Waals surface area contributed by atoms with E-state index in [1.54, 1.807) is 0 Å². The van der Waals surface area contributed by atoms with Crippen molar-refractivity contribution in [2.45, 2.75) is 64.8 Å². The second-order valence-electron chi connectivity index (χ2n) is 7.58. The average molecular weight is 339 g/mol. The minimum Gasteiger partial charge on any atom is -0.598 e. The van der Waals surface area contributed by atoms with Gasteiger partial charge in [-0.25, -0.2) is 0 Å². The van der Waals surface area contributed by atoms with Crippen LogP contribution < -0.4 is 4.72 Å². The molecule has 4 heteroatoms. The summed E-state index contributed by atoms with van der Waals surface area (Å²) in [4.78, 5) is 2.37. The lowest BCUT2D eigenvalue weighted by Crippen LogP contribution is -2.48. The topological polar surface area (TPSA) is 38.3 Å². The predicted molar refractivity (Wildman–Crippen MR) is 102 cm³/mol. The molecule has 0 aliphatic heterocycles. The molecule has 0 saturated heterocycles. The Morgan fingerprint density at radius 3 is 2.22 bits per heavy atom. The Morgan fingerprint density at radius 2 is 1.74 bits per heavy atom. The second kappa shape index (κ2) is 9.07. The lowest BCUT2D eigenvalue weighted by molar-refractivity contribution is 0.191. The first-order valence-electron chi connectivity index (χ1n) is 8.60. The Balaban J connectivity index is 2.95. The SMILES string of the molecule is CCC(C)CN(C)C(C)[C@H](N[S+]([O-])C(C)(C)C)c1ccccc1. The molecule has 1 aromatic carbocycles. The summed E-state index contributed by atoms with van der Waals surface area (Å²) in [5.41, 5.74) is 1.19. The molecule has 23 heavy (non-hydrogen) atoms. The van der Waals surface area contributed by atoms with Crippen LogP contribution in [0.3, 0.4) is 0 Å². The van der Waals surface area contributed by atoms with Gasteiger partial charge in [-0.05, 0) is 46.2 Å². The molecule has 0 saturated carbocycles. The van der Waals surface area contributed by atoms with Crippen molar-refractivity contribution >= 4 is 11.4 Å². The van der Waals surface area contributed by atoms with Gasteiger partial charge in [0, 0.05) is 23.9 Å². The van der Waals surface area contributed by atoms with Crippen LogP contribution in [0.5, 0.6) is 0 Å². The molecule has 1 aromatic rings. The lowest BCUT2D eigenvalue weighted by Gasteiger charge is -2.36. The van der Waals surface area contributed by atoms with Crippen molar-refractivity contribution in [2.24, 2.45) is 5.92 Å². The Kier molecular flexibility index (Phi) is 8.08. The van der Waals surface area contributed by atoms with Gasteiger partial charge >= 0.3 is 0 Å². The summed E-state index contributed by atoms with van der Waals surface area (Å²) in [5.74, 6) is 0.659. The van der Waals surface area contributed by atoms with Gasteiger partial charge in [0.2, 0.25) is 0 Å². The number of likely N-dealkylation sites (N-methyl/N-ethyl adjacent to an activating group) is 1. The number of hydrogen-bond acceptors (Lipinski definition) is 3. The Bertz CT molecular complexity index is 446. The standard InChI is InChI=1S/C19H34N2OS/c1-8-15(2)14-21(7)16(3)18(17-12-10-9-11-13-17)20-23(22)19(4,5)6/h9-13,15-16,18,20H,8,14H2,1-7H3/t15?,16?,18-,23?/m0/s1. The molecule has 3 nitrogen and oxygen atoms in total. The van der Waals surface area contributed by atoms with Crippen LogP contribution in [0.1, 0.15) is 59.6 Å².